The second-order valence-corrected chi connectivity index (χ2v) is 6.70. The van der Waals surface area contributed by atoms with E-state index in [2.05, 4.69) is 30.6 Å². The first-order valence-electron chi connectivity index (χ1n) is 6.61. The van der Waals surface area contributed by atoms with Crippen molar-refractivity contribution in [1.82, 2.24) is 9.80 Å². The van der Waals surface area contributed by atoms with E-state index in [1.165, 1.54) is 32.5 Å². The fraction of sp³-hybridized carbons (Fsp3) is 1.00. The van der Waals surface area contributed by atoms with Gasteiger partial charge in [0.05, 0.1) is 19.3 Å². The molecule has 3 aliphatic rings. The Morgan fingerprint density at radius 1 is 1.12 bits per heavy atom. The molecule has 3 heterocycles. The lowest BCUT2D eigenvalue weighted by atomic mass is 9.81. The van der Waals surface area contributed by atoms with Gasteiger partial charge in [0.1, 0.15) is 0 Å². The number of rotatable bonds is 1. The molecule has 16 heavy (non-hydrogen) atoms. The van der Waals surface area contributed by atoms with Crippen molar-refractivity contribution >= 4 is 0 Å². The zero-order chi connectivity index (χ0) is 11.4. The van der Waals surface area contributed by atoms with Crippen molar-refractivity contribution in [2.75, 3.05) is 32.8 Å². The van der Waals surface area contributed by atoms with Gasteiger partial charge in [-0.25, -0.2) is 0 Å². The minimum atomic E-state index is 0.334. The van der Waals surface area contributed by atoms with Crippen molar-refractivity contribution in [2.45, 2.75) is 50.7 Å². The van der Waals surface area contributed by atoms with E-state index >= 15 is 0 Å². The number of ether oxygens (including phenoxy) is 1. The van der Waals surface area contributed by atoms with Crippen LogP contribution in [0.25, 0.3) is 0 Å². The van der Waals surface area contributed by atoms with E-state index in [0.717, 1.165) is 19.3 Å². The summed E-state index contributed by atoms with van der Waals surface area (Å²) >= 11 is 0. The summed E-state index contributed by atoms with van der Waals surface area (Å²) in [6.07, 6.45) is 2.76. The molecule has 3 fully saturated rings. The molecule has 0 aromatic carbocycles. The van der Waals surface area contributed by atoms with Crippen LogP contribution < -0.4 is 0 Å². The molecule has 0 aliphatic carbocycles. The molecule has 3 saturated heterocycles. The molecule has 0 aromatic rings. The van der Waals surface area contributed by atoms with E-state index in [9.17, 15) is 0 Å². The number of likely N-dealkylation sites (tertiary alicyclic amines) is 2. The van der Waals surface area contributed by atoms with Gasteiger partial charge in [-0.3, -0.25) is 9.80 Å². The standard InChI is InChI=1S/C13H24N2O/c1-12(2,3)14-6-4-13(10-14)5-7-15(13)11-8-16-9-11/h11H,4-10H2,1-3H3. The molecule has 3 aliphatic heterocycles. The average Bonchev–Trinajstić information content (AvgIpc) is 2.54. The van der Waals surface area contributed by atoms with Gasteiger partial charge in [0, 0.05) is 30.7 Å². The first-order chi connectivity index (χ1) is 7.51. The van der Waals surface area contributed by atoms with E-state index in [1.807, 2.05) is 0 Å². The maximum Gasteiger partial charge on any atom is 0.0645 e. The van der Waals surface area contributed by atoms with Crippen LogP contribution in [0.1, 0.15) is 33.6 Å². The Bertz CT molecular complexity index is 282. The second kappa shape index (κ2) is 3.44. The summed E-state index contributed by atoms with van der Waals surface area (Å²) in [6.45, 7) is 12.8. The molecule has 3 rings (SSSR count). The highest BCUT2D eigenvalue weighted by Crippen LogP contribution is 2.43. The van der Waals surface area contributed by atoms with Gasteiger partial charge >= 0.3 is 0 Å². The Hall–Kier alpha value is -0.120. The summed E-state index contributed by atoms with van der Waals surface area (Å²) in [5, 5.41) is 0. The largest absolute Gasteiger partial charge is 0.378 e. The summed E-state index contributed by atoms with van der Waals surface area (Å²) < 4.78 is 5.33. The smallest absolute Gasteiger partial charge is 0.0645 e. The summed E-state index contributed by atoms with van der Waals surface area (Å²) in [5.74, 6) is 0. The van der Waals surface area contributed by atoms with Gasteiger partial charge in [0.25, 0.3) is 0 Å². The molecule has 1 atom stereocenters. The van der Waals surface area contributed by atoms with Crippen LogP contribution >= 0.6 is 0 Å². The third-order valence-corrected chi connectivity index (χ3v) is 4.77. The van der Waals surface area contributed by atoms with E-state index in [4.69, 9.17) is 4.74 Å². The Morgan fingerprint density at radius 2 is 1.81 bits per heavy atom. The quantitative estimate of drug-likeness (QED) is 0.668. The zero-order valence-corrected chi connectivity index (χ0v) is 10.8. The van der Waals surface area contributed by atoms with Gasteiger partial charge in [0.2, 0.25) is 0 Å². The van der Waals surface area contributed by atoms with Crippen LogP contribution in [-0.4, -0.2) is 59.8 Å². The summed E-state index contributed by atoms with van der Waals surface area (Å²) in [6, 6.07) is 0.730. The Balaban J connectivity index is 1.67. The molecule has 1 spiro atoms. The maximum atomic E-state index is 5.33. The third-order valence-electron chi connectivity index (χ3n) is 4.77. The Morgan fingerprint density at radius 3 is 2.19 bits per heavy atom. The van der Waals surface area contributed by atoms with Crippen LogP contribution in [0.5, 0.6) is 0 Å². The number of nitrogens with zero attached hydrogens (tertiary/aromatic N) is 2. The molecule has 3 nitrogen and oxygen atoms in total. The van der Waals surface area contributed by atoms with Crippen molar-refractivity contribution in [3.8, 4) is 0 Å². The van der Waals surface area contributed by atoms with Gasteiger partial charge in [-0.2, -0.15) is 0 Å². The topological polar surface area (TPSA) is 15.7 Å². The fourth-order valence-corrected chi connectivity index (χ4v) is 3.40. The van der Waals surface area contributed by atoms with E-state index in [-0.39, 0.29) is 0 Å². The van der Waals surface area contributed by atoms with Crippen LogP contribution in [0.2, 0.25) is 0 Å². The molecular weight excluding hydrogens is 200 g/mol. The highest BCUT2D eigenvalue weighted by atomic mass is 16.5. The summed E-state index contributed by atoms with van der Waals surface area (Å²) in [7, 11) is 0. The van der Waals surface area contributed by atoms with Crippen LogP contribution in [0.3, 0.4) is 0 Å². The SMILES string of the molecule is CC(C)(C)N1CCC2(CCN2C2COC2)C1. The summed E-state index contributed by atoms with van der Waals surface area (Å²) in [4.78, 5) is 5.38. The predicted molar refractivity (Wildman–Crippen MR) is 64.6 cm³/mol. The van der Waals surface area contributed by atoms with Crippen LogP contribution in [0.15, 0.2) is 0 Å². The lowest BCUT2D eigenvalue weighted by Crippen LogP contribution is -2.69. The fourth-order valence-electron chi connectivity index (χ4n) is 3.40. The van der Waals surface area contributed by atoms with Gasteiger partial charge < -0.3 is 4.74 Å². The monoisotopic (exact) mass is 224 g/mol. The first-order valence-corrected chi connectivity index (χ1v) is 6.61. The first kappa shape index (κ1) is 11.0. The highest BCUT2D eigenvalue weighted by molar-refractivity contribution is 5.10. The summed E-state index contributed by atoms with van der Waals surface area (Å²) in [5.41, 5.74) is 0.850. The molecule has 1 unspecified atom stereocenters. The molecule has 0 saturated carbocycles. The minimum Gasteiger partial charge on any atom is -0.378 e. The van der Waals surface area contributed by atoms with E-state index in [0.29, 0.717) is 11.1 Å². The number of hydrogen-bond donors (Lipinski definition) is 0. The minimum absolute atomic E-state index is 0.334. The maximum absolute atomic E-state index is 5.33. The van der Waals surface area contributed by atoms with Gasteiger partial charge in [0.15, 0.2) is 0 Å². The van der Waals surface area contributed by atoms with Crippen molar-refractivity contribution in [3.63, 3.8) is 0 Å². The molecule has 0 bridgehead atoms. The molecule has 0 radical (unpaired) electrons. The molecule has 0 amide bonds. The van der Waals surface area contributed by atoms with Crippen molar-refractivity contribution in [1.29, 1.82) is 0 Å². The Kier molecular flexibility index (Phi) is 2.36. The van der Waals surface area contributed by atoms with Crippen LogP contribution in [-0.2, 0) is 4.74 Å². The third kappa shape index (κ3) is 1.52. The van der Waals surface area contributed by atoms with Gasteiger partial charge in [-0.05, 0) is 33.6 Å². The molecule has 92 valence electrons. The van der Waals surface area contributed by atoms with Crippen molar-refractivity contribution in [2.24, 2.45) is 0 Å². The average molecular weight is 224 g/mol. The van der Waals surface area contributed by atoms with Crippen molar-refractivity contribution < 1.29 is 4.74 Å². The predicted octanol–water partition coefficient (Wildman–Crippen LogP) is 1.33. The number of hydrogen-bond acceptors (Lipinski definition) is 3. The zero-order valence-electron chi connectivity index (χ0n) is 10.8. The second-order valence-electron chi connectivity index (χ2n) is 6.70. The van der Waals surface area contributed by atoms with Crippen LogP contribution in [0.4, 0.5) is 0 Å². The lowest BCUT2D eigenvalue weighted by Gasteiger charge is -2.57. The van der Waals surface area contributed by atoms with Gasteiger partial charge in [-0.15, -0.1) is 0 Å². The van der Waals surface area contributed by atoms with E-state index in [1.54, 1.807) is 0 Å². The lowest BCUT2D eigenvalue weighted by molar-refractivity contribution is -0.144. The van der Waals surface area contributed by atoms with Crippen molar-refractivity contribution in [3.05, 3.63) is 0 Å². The molecular formula is C13H24N2O. The Labute approximate surface area is 98.7 Å². The van der Waals surface area contributed by atoms with Crippen LogP contribution in [0, 0.1) is 0 Å². The normalized spacial score (nSPS) is 37.7. The molecule has 0 aromatic heterocycles. The van der Waals surface area contributed by atoms with Gasteiger partial charge in [-0.1, -0.05) is 0 Å². The van der Waals surface area contributed by atoms with E-state index < -0.39 is 0 Å². The molecule has 3 heteroatoms. The highest BCUT2D eigenvalue weighted by Gasteiger charge is 2.53. The molecule has 0 N–H and O–H groups in total.